The van der Waals surface area contributed by atoms with Gasteiger partial charge in [-0.1, -0.05) is 6.07 Å². The second-order valence-electron chi connectivity index (χ2n) is 3.72. The maximum Gasteiger partial charge on any atom is 0.174 e. The largest absolute Gasteiger partial charge is 0.495 e. The normalized spacial score (nSPS) is 10.3. The lowest BCUT2D eigenvalue weighted by Gasteiger charge is -2.19. The summed E-state index contributed by atoms with van der Waals surface area (Å²) < 4.78 is 16.1. The minimum atomic E-state index is -0.341. The maximum absolute atomic E-state index is 9.10. The molecule has 0 atom stereocenters. The summed E-state index contributed by atoms with van der Waals surface area (Å²) in [5.41, 5.74) is 1.20. The van der Waals surface area contributed by atoms with E-state index in [0.717, 1.165) is 0 Å². The monoisotopic (exact) mass is 264 g/mol. The second-order valence-corrected chi connectivity index (χ2v) is 3.72. The number of anilines is 1. The fourth-order valence-electron chi connectivity index (χ4n) is 1.70. The lowest BCUT2D eigenvalue weighted by molar-refractivity contribution is -0.126. The SMILES string of the molecule is CCOC(CNc1c(C#N)cccc1OC)OCC. The topological polar surface area (TPSA) is 63.5 Å². The van der Waals surface area contributed by atoms with Crippen LogP contribution in [0, 0.1) is 11.3 Å². The summed E-state index contributed by atoms with van der Waals surface area (Å²) in [4.78, 5) is 0. The Labute approximate surface area is 114 Å². The third-order valence-electron chi connectivity index (χ3n) is 2.52. The fourth-order valence-corrected chi connectivity index (χ4v) is 1.70. The Bertz CT molecular complexity index is 423. The molecule has 0 aliphatic rings. The third-order valence-corrected chi connectivity index (χ3v) is 2.52. The number of nitrogens with zero attached hydrogens (tertiary/aromatic N) is 1. The minimum Gasteiger partial charge on any atom is -0.495 e. The molecule has 0 heterocycles. The van der Waals surface area contributed by atoms with Crippen molar-refractivity contribution in [3.05, 3.63) is 23.8 Å². The van der Waals surface area contributed by atoms with Gasteiger partial charge in [-0.15, -0.1) is 0 Å². The van der Waals surface area contributed by atoms with Crippen molar-refractivity contribution >= 4 is 5.69 Å². The standard InChI is InChI=1S/C14H20N2O3/c1-4-18-13(19-5-2)10-16-14-11(9-15)7-6-8-12(14)17-3/h6-8,13,16H,4-5,10H2,1-3H3. The van der Waals surface area contributed by atoms with E-state index < -0.39 is 0 Å². The predicted molar refractivity (Wildman–Crippen MR) is 73.2 cm³/mol. The average Bonchev–Trinajstić information content (AvgIpc) is 2.44. The highest BCUT2D eigenvalue weighted by Gasteiger charge is 2.12. The van der Waals surface area contributed by atoms with Crippen LogP contribution in [0.5, 0.6) is 5.75 Å². The molecule has 5 heteroatoms. The first kappa shape index (κ1) is 15.3. The molecule has 1 aromatic carbocycles. The van der Waals surface area contributed by atoms with Crippen molar-refractivity contribution in [3.63, 3.8) is 0 Å². The van der Waals surface area contributed by atoms with E-state index in [1.807, 2.05) is 13.8 Å². The number of hydrogen-bond acceptors (Lipinski definition) is 5. The minimum absolute atomic E-state index is 0.341. The van der Waals surface area contributed by atoms with Gasteiger partial charge in [0.05, 0.1) is 24.9 Å². The Morgan fingerprint density at radius 3 is 2.47 bits per heavy atom. The summed E-state index contributed by atoms with van der Waals surface area (Å²) in [6.45, 7) is 5.43. The molecule has 1 rings (SSSR count). The highest BCUT2D eigenvalue weighted by molar-refractivity contribution is 5.66. The van der Waals surface area contributed by atoms with Crippen LogP contribution in [0.2, 0.25) is 0 Å². The molecule has 1 aromatic rings. The summed E-state index contributed by atoms with van der Waals surface area (Å²) in [6, 6.07) is 7.46. The molecule has 0 aliphatic carbocycles. The molecule has 19 heavy (non-hydrogen) atoms. The summed E-state index contributed by atoms with van der Waals surface area (Å²) >= 11 is 0. The van der Waals surface area contributed by atoms with Gasteiger partial charge in [-0.05, 0) is 26.0 Å². The third kappa shape index (κ3) is 4.43. The molecule has 0 amide bonds. The molecule has 0 aliphatic heterocycles. The van der Waals surface area contributed by atoms with E-state index in [2.05, 4.69) is 11.4 Å². The van der Waals surface area contributed by atoms with Crippen LogP contribution in [0.25, 0.3) is 0 Å². The van der Waals surface area contributed by atoms with E-state index in [0.29, 0.717) is 36.8 Å². The summed E-state index contributed by atoms with van der Waals surface area (Å²) in [6.07, 6.45) is -0.341. The Hall–Kier alpha value is -1.77. The first-order valence-electron chi connectivity index (χ1n) is 6.30. The number of benzene rings is 1. The average molecular weight is 264 g/mol. The van der Waals surface area contributed by atoms with Gasteiger partial charge in [0, 0.05) is 13.2 Å². The number of rotatable bonds is 8. The molecule has 0 saturated carbocycles. The van der Waals surface area contributed by atoms with E-state index >= 15 is 0 Å². The number of nitrogens with one attached hydrogen (secondary N) is 1. The second kappa shape index (κ2) is 8.35. The lowest BCUT2D eigenvalue weighted by atomic mass is 10.2. The Balaban J connectivity index is 2.77. The molecule has 0 spiro atoms. The van der Waals surface area contributed by atoms with Crippen LogP contribution in [0.1, 0.15) is 19.4 Å². The van der Waals surface area contributed by atoms with Crippen LogP contribution in [-0.2, 0) is 9.47 Å². The van der Waals surface area contributed by atoms with Crippen molar-refractivity contribution < 1.29 is 14.2 Å². The fraction of sp³-hybridized carbons (Fsp3) is 0.500. The van der Waals surface area contributed by atoms with Gasteiger partial charge < -0.3 is 19.5 Å². The van der Waals surface area contributed by atoms with E-state index in [4.69, 9.17) is 19.5 Å². The highest BCUT2D eigenvalue weighted by atomic mass is 16.7. The molecule has 0 aromatic heterocycles. The molecule has 0 bridgehead atoms. The van der Waals surface area contributed by atoms with Crippen molar-refractivity contribution in [2.45, 2.75) is 20.1 Å². The van der Waals surface area contributed by atoms with E-state index in [9.17, 15) is 0 Å². The summed E-state index contributed by atoms with van der Waals surface area (Å²) in [5.74, 6) is 0.630. The first-order chi connectivity index (χ1) is 9.26. The zero-order valence-corrected chi connectivity index (χ0v) is 11.6. The lowest BCUT2D eigenvalue weighted by Crippen LogP contribution is -2.26. The number of hydrogen-bond donors (Lipinski definition) is 1. The first-order valence-corrected chi connectivity index (χ1v) is 6.30. The van der Waals surface area contributed by atoms with Gasteiger partial charge in [-0.3, -0.25) is 0 Å². The van der Waals surface area contributed by atoms with E-state index in [-0.39, 0.29) is 6.29 Å². The van der Waals surface area contributed by atoms with Crippen LogP contribution >= 0.6 is 0 Å². The quantitative estimate of drug-likeness (QED) is 0.730. The predicted octanol–water partition coefficient (Wildman–Crippen LogP) is 2.38. The Morgan fingerprint density at radius 2 is 1.95 bits per heavy atom. The van der Waals surface area contributed by atoms with Crippen molar-refractivity contribution in [2.24, 2.45) is 0 Å². The molecular formula is C14H20N2O3. The number of ether oxygens (including phenoxy) is 3. The van der Waals surface area contributed by atoms with Crippen molar-refractivity contribution in [2.75, 3.05) is 32.2 Å². The molecule has 0 unspecified atom stereocenters. The van der Waals surface area contributed by atoms with Crippen LogP contribution in [-0.4, -0.2) is 33.2 Å². The van der Waals surface area contributed by atoms with Crippen LogP contribution in [0.15, 0.2) is 18.2 Å². The van der Waals surface area contributed by atoms with E-state index in [1.165, 1.54) is 0 Å². The molecule has 0 saturated heterocycles. The zero-order valence-electron chi connectivity index (χ0n) is 11.6. The molecule has 1 N–H and O–H groups in total. The van der Waals surface area contributed by atoms with Gasteiger partial charge in [0.1, 0.15) is 11.8 Å². The Kier molecular flexibility index (Phi) is 6.72. The van der Waals surface area contributed by atoms with Gasteiger partial charge in [0.25, 0.3) is 0 Å². The van der Waals surface area contributed by atoms with Crippen LogP contribution in [0.4, 0.5) is 5.69 Å². The Morgan fingerprint density at radius 1 is 1.26 bits per heavy atom. The van der Waals surface area contributed by atoms with Crippen molar-refractivity contribution in [3.8, 4) is 11.8 Å². The zero-order chi connectivity index (χ0) is 14.1. The van der Waals surface area contributed by atoms with E-state index in [1.54, 1.807) is 25.3 Å². The van der Waals surface area contributed by atoms with Crippen molar-refractivity contribution in [1.82, 2.24) is 0 Å². The molecule has 5 nitrogen and oxygen atoms in total. The highest BCUT2D eigenvalue weighted by Crippen LogP contribution is 2.27. The maximum atomic E-state index is 9.10. The molecule has 104 valence electrons. The molecular weight excluding hydrogens is 244 g/mol. The van der Waals surface area contributed by atoms with Gasteiger partial charge >= 0.3 is 0 Å². The van der Waals surface area contributed by atoms with Gasteiger partial charge in [0.2, 0.25) is 0 Å². The summed E-state index contributed by atoms with van der Waals surface area (Å²) in [7, 11) is 1.57. The number of methoxy groups -OCH3 is 1. The molecule has 0 fully saturated rings. The summed E-state index contributed by atoms with van der Waals surface area (Å²) in [5, 5.41) is 12.3. The van der Waals surface area contributed by atoms with Gasteiger partial charge in [-0.25, -0.2) is 0 Å². The van der Waals surface area contributed by atoms with Gasteiger partial charge in [-0.2, -0.15) is 5.26 Å². The molecule has 0 radical (unpaired) electrons. The van der Waals surface area contributed by atoms with Gasteiger partial charge in [0.15, 0.2) is 6.29 Å². The van der Waals surface area contributed by atoms with Crippen LogP contribution < -0.4 is 10.1 Å². The smallest absolute Gasteiger partial charge is 0.174 e. The number of para-hydroxylation sites is 1. The number of nitriles is 1. The van der Waals surface area contributed by atoms with Crippen molar-refractivity contribution in [1.29, 1.82) is 5.26 Å². The van der Waals surface area contributed by atoms with Crippen LogP contribution in [0.3, 0.4) is 0 Å².